The van der Waals surface area contributed by atoms with E-state index in [1.807, 2.05) is 0 Å². The third-order valence-corrected chi connectivity index (χ3v) is 4.76. The minimum atomic E-state index is -0.993. The first-order valence-electron chi connectivity index (χ1n) is 6.38. The standard InChI is InChI=1S/C14H14BrNO4S/c15-10-3-1-9(2-4-10)12(17)5-6-13(18)16-8-21-7-11(16)14(19)20/h1-4,11H,5-8H2,(H,19,20)/t11-/m0/s1. The molecular formula is C14H14BrNO4S. The minimum Gasteiger partial charge on any atom is -0.480 e. The molecule has 2 rings (SSSR count). The lowest BCUT2D eigenvalue weighted by Crippen LogP contribution is -2.41. The molecule has 0 saturated carbocycles. The summed E-state index contributed by atoms with van der Waals surface area (Å²) in [5.41, 5.74) is 0.552. The van der Waals surface area contributed by atoms with Crippen LogP contribution in [0.2, 0.25) is 0 Å². The maximum Gasteiger partial charge on any atom is 0.327 e. The smallest absolute Gasteiger partial charge is 0.327 e. The number of aliphatic carboxylic acids is 1. The predicted octanol–water partition coefficient (Wildman–Crippen LogP) is 2.40. The van der Waals surface area contributed by atoms with E-state index in [1.54, 1.807) is 24.3 Å². The zero-order chi connectivity index (χ0) is 15.4. The lowest BCUT2D eigenvalue weighted by atomic mass is 10.1. The van der Waals surface area contributed by atoms with Crippen molar-refractivity contribution in [2.24, 2.45) is 0 Å². The molecule has 0 spiro atoms. The maximum absolute atomic E-state index is 12.0. The molecule has 21 heavy (non-hydrogen) atoms. The van der Waals surface area contributed by atoms with Crippen LogP contribution in [0.4, 0.5) is 0 Å². The number of rotatable bonds is 5. The van der Waals surface area contributed by atoms with Crippen LogP contribution in [0.5, 0.6) is 0 Å². The SMILES string of the molecule is O=C(CCC(=O)N1CSC[C@H]1C(=O)O)c1ccc(Br)cc1. The van der Waals surface area contributed by atoms with Gasteiger partial charge in [-0.1, -0.05) is 28.1 Å². The Hall–Kier alpha value is -1.34. The first-order chi connectivity index (χ1) is 9.99. The number of hydrogen-bond donors (Lipinski definition) is 1. The Morgan fingerprint density at radius 2 is 1.90 bits per heavy atom. The van der Waals surface area contributed by atoms with Crippen molar-refractivity contribution in [1.29, 1.82) is 0 Å². The topological polar surface area (TPSA) is 74.7 Å². The van der Waals surface area contributed by atoms with Crippen molar-refractivity contribution in [1.82, 2.24) is 4.90 Å². The first kappa shape index (κ1) is 16.0. The Bertz CT molecular complexity index is 561. The molecular weight excluding hydrogens is 358 g/mol. The second-order valence-corrected chi connectivity index (χ2v) is 6.56. The predicted molar refractivity (Wildman–Crippen MR) is 83.3 cm³/mol. The molecule has 0 aliphatic carbocycles. The number of Topliss-reactive ketones (excluding diaryl/α,β-unsaturated/α-hetero) is 1. The Morgan fingerprint density at radius 3 is 2.52 bits per heavy atom. The number of halogens is 1. The third-order valence-electron chi connectivity index (χ3n) is 3.22. The highest BCUT2D eigenvalue weighted by molar-refractivity contribution is 9.10. The van der Waals surface area contributed by atoms with Crippen molar-refractivity contribution in [3.05, 3.63) is 34.3 Å². The third kappa shape index (κ3) is 4.07. The molecule has 0 radical (unpaired) electrons. The number of carbonyl (C=O) groups excluding carboxylic acids is 2. The largest absolute Gasteiger partial charge is 0.480 e. The second kappa shape index (κ2) is 7.09. The van der Waals surface area contributed by atoms with E-state index >= 15 is 0 Å². The van der Waals surface area contributed by atoms with Crippen LogP contribution in [0.1, 0.15) is 23.2 Å². The molecule has 1 aromatic rings. The molecule has 1 fully saturated rings. The molecule has 1 aliphatic heterocycles. The van der Waals surface area contributed by atoms with E-state index in [2.05, 4.69) is 15.9 Å². The van der Waals surface area contributed by atoms with Crippen molar-refractivity contribution in [3.63, 3.8) is 0 Å². The van der Waals surface area contributed by atoms with Gasteiger partial charge in [0.05, 0.1) is 5.88 Å². The number of amides is 1. The van der Waals surface area contributed by atoms with Crippen LogP contribution < -0.4 is 0 Å². The van der Waals surface area contributed by atoms with Gasteiger partial charge < -0.3 is 10.0 Å². The molecule has 0 unspecified atom stereocenters. The van der Waals surface area contributed by atoms with Crippen LogP contribution in [-0.2, 0) is 9.59 Å². The van der Waals surface area contributed by atoms with Crippen LogP contribution in [-0.4, -0.2) is 45.3 Å². The second-order valence-electron chi connectivity index (χ2n) is 4.65. The zero-order valence-corrected chi connectivity index (χ0v) is 13.5. The fourth-order valence-electron chi connectivity index (χ4n) is 2.04. The van der Waals surface area contributed by atoms with Gasteiger partial charge in [-0.3, -0.25) is 9.59 Å². The van der Waals surface area contributed by atoms with Crippen molar-refractivity contribution < 1.29 is 19.5 Å². The molecule has 1 amide bonds. The van der Waals surface area contributed by atoms with Gasteiger partial charge in [0.15, 0.2) is 5.78 Å². The number of nitrogens with zero attached hydrogens (tertiary/aromatic N) is 1. The fourth-order valence-corrected chi connectivity index (χ4v) is 3.47. The number of carboxylic acid groups (broad SMARTS) is 1. The Morgan fingerprint density at radius 1 is 1.24 bits per heavy atom. The summed E-state index contributed by atoms with van der Waals surface area (Å²) in [4.78, 5) is 36.4. The van der Waals surface area contributed by atoms with E-state index in [1.165, 1.54) is 16.7 Å². The van der Waals surface area contributed by atoms with Gasteiger partial charge in [-0.15, -0.1) is 11.8 Å². The summed E-state index contributed by atoms with van der Waals surface area (Å²) < 4.78 is 0.883. The van der Waals surface area contributed by atoms with Crippen LogP contribution in [0, 0.1) is 0 Å². The van der Waals surface area contributed by atoms with Crippen LogP contribution in [0.25, 0.3) is 0 Å². The monoisotopic (exact) mass is 371 g/mol. The molecule has 7 heteroatoms. The normalized spacial score (nSPS) is 17.8. The number of benzene rings is 1. The lowest BCUT2D eigenvalue weighted by molar-refractivity contribution is -0.147. The molecule has 1 N–H and O–H groups in total. The van der Waals surface area contributed by atoms with E-state index in [4.69, 9.17) is 5.11 Å². The van der Waals surface area contributed by atoms with Crippen LogP contribution in [0.15, 0.2) is 28.7 Å². The fraction of sp³-hybridized carbons (Fsp3) is 0.357. The molecule has 1 aliphatic rings. The number of ketones is 1. The van der Waals surface area contributed by atoms with Gasteiger partial charge in [0, 0.05) is 28.6 Å². The molecule has 1 aromatic carbocycles. The average molecular weight is 372 g/mol. The van der Waals surface area contributed by atoms with Gasteiger partial charge in [-0.2, -0.15) is 0 Å². The summed E-state index contributed by atoms with van der Waals surface area (Å²) in [6, 6.07) is 6.16. The van der Waals surface area contributed by atoms with E-state index in [9.17, 15) is 14.4 Å². The van der Waals surface area contributed by atoms with Crippen molar-refractivity contribution in [3.8, 4) is 0 Å². The summed E-state index contributed by atoms with van der Waals surface area (Å²) >= 11 is 4.70. The summed E-state index contributed by atoms with van der Waals surface area (Å²) in [7, 11) is 0. The highest BCUT2D eigenvalue weighted by Gasteiger charge is 2.34. The molecule has 0 bridgehead atoms. The highest BCUT2D eigenvalue weighted by atomic mass is 79.9. The molecule has 1 heterocycles. The average Bonchev–Trinajstić information content (AvgIpc) is 2.95. The quantitative estimate of drug-likeness (QED) is 0.804. The summed E-state index contributed by atoms with van der Waals surface area (Å²) in [6.45, 7) is 0. The minimum absolute atomic E-state index is 0.0409. The Balaban J connectivity index is 1.90. The molecule has 112 valence electrons. The van der Waals surface area contributed by atoms with Gasteiger partial charge in [0.1, 0.15) is 6.04 Å². The van der Waals surface area contributed by atoms with Gasteiger partial charge in [-0.05, 0) is 12.1 Å². The van der Waals surface area contributed by atoms with Gasteiger partial charge in [0.25, 0.3) is 0 Å². The molecule has 1 atom stereocenters. The lowest BCUT2D eigenvalue weighted by Gasteiger charge is -2.20. The number of carboxylic acids is 1. The molecule has 5 nitrogen and oxygen atoms in total. The van der Waals surface area contributed by atoms with E-state index in [-0.39, 0.29) is 24.5 Å². The van der Waals surface area contributed by atoms with E-state index in [0.29, 0.717) is 17.2 Å². The number of carbonyl (C=O) groups is 3. The Labute approximate surface area is 134 Å². The summed E-state index contributed by atoms with van der Waals surface area (Å²) in [6.07, 6.45) is 0.132. The number of hydrogen-bond acceptors (Lipinski definition) is 4. The molecule has 1 saturated heterocycles. The van der Waals surface area contributed by atoms with Gasteiger partial charge in [0.2, 0.25) is 5.91 Å². The highest BCUT2D eigenvalue weighted by Crippen LogP contribution is 2.22. The van der Waals surface area contributed by atoms with E-state index < -0.39 is 12.0 Å². The first-order valence-corrected chi connectivity index (χ1v) is 8.32. The van der Waals surface area contributed by atoms with Gasteiger partial charge in [-0.25, -0.2) is 4.79 Å². The summed E-state index contributed by atoms with van der Waals surface area (Å²) in [5.74, 6) is -0.607. The van der Waals surface area contributed by atoms with Crippen LogP contribution in [0.3, 0.4) is 0 Å². The van der Waals surface area contributed by atoms with Crippen LogP contribution >= 0.6 is 27.7 Å². The Kier molecular flexibility index (Phi) is 5.41. The summed E-state index contributed by atoms with van der Waals surface area (Å²) in [5, 5.41) is 9.04. The van der Waals surface area contributed by atoms with Gasteiger partial charge >= 0.3 is 5.97 Å². The number of thioether (sulfide) groups is 1. The van der Waals surface area contributed by atoms with Crippen molar-refractivity contribution in [2.75, 3.05) is 11.6 Å². The van der Waals surface area contributed by atoms with E-state index in [0.717, 1.165) is 4.47 Å². The van der Waals surface area contributed by atoms with Crippen molar-refractivity contribution >= 4 is 45.4 Å². The van der Waals surface area contributed by atoms with Crippen molar-refractivity contribution in [2.45, 2.75) is 18.9 Å². The zero-order valence-electron chi connectivity index (χ0n) is 11.1. The maximum atomic E-state index is 12.0. The molecule has 0 aromatic heterocycles.